The van der Waals surface area contributed by atoms with Crippen molar-refractivity contribution in [2.75, 3.05) is 20.1 Å². The van der Waals surface area contributed by atoms with Gasteiger partial charge in [-0.2, -0.15) is 13.2 Å². The van der Waals surface area contributed by atoms with Crippen molar-refractivity contribution in [3.05, 3.63) is 105 Å². The lowest BCUT2D eigenvalue weighted by molar-refractivity contribution is -0.140. The third-order valence-corrected chi connectivity index (χ3v) is 7.73. The summed E-state index contributed by atoms with van der Waals surface area (Å²) in [6.45, 7) is 0.837. The summed E-state index contributed by atoms with van der Waals surface area (Å²) in [4.78, 5) is 25.7. The maximum absolute atomic E-state index is 14.2. The summed E-state index contributed by atoms with van der Waals surface area (Å²) in [5.74, 6) is -1.77. The molecule has 11 heteroatoms. The van der Waals surface area contributed by atoms with Crippen LogP contribution in [0.5, 0.6) is 0 Å². The van der Waals surface area contributed by atoms with Crippen LogP contribution in [-0.4, -0.2) is 51.9 Å². The van der Waals surface area contributed by atoms with Gasteiger partial charge in [-0.05, 0) is 60.6 Å². The number of halogens is 6. The highest BCUT2D eigenvalue weighted by atomic mass is 35.5. The largest absolute Gasteiger partial charge is 0.419 e. The highest BCUT2D eigenvalue weighted by Gasteiger charge is 2.39. The maximum atomic E-state index is 14.2. The fourth-order valence-corrected chi connectivity index (χ4v) is 5.31. The average Bonchev–Trinajstić information content (AvgIpc) is 3.34. The SMILES string of the molecule is CN(Cc1ccc(C(F)(F)F)c(F)c1)C1CN(C(=O)c2ccc3cnccc3n2)C[C@@H]1c1ccc(Cl)c(Cl)c1. The van der Waals surface area contributed by atoms with E-state index < -0.39 is 17.6 Å². The molecule has 1 unspecified atom stereocenters. The molecular formula is C28H22Cl2F4N4O. The third-order valence-electron chi connectivity index (χ3n) is 6.99. The van der Waals surface area contributed by atoms with Gasteiger partial charge in [0, 0.05) is 49.4 Å². The Morgan fingerprint density at radius 1 is 1.05 bits per heavy atom. The van der Waals surface area contributed by atoms with E-state index in [0.29, 0.717) is 34.2 Å². The highest BCUT2D eigenvalue weighted by molar-refractivity contribution is 6.42. The Kier molecular flexibility index (Phi) is 7.50. The molecule has 2 atom stereocenters. The fourth-order valence-electron chi connectivity index (χ4n) is 5.01. The molecule has 0 N–H and O–H groups in total. The Labute approximate surface area is 232 Å². The fraction of sp³-hybridized carbons (Fsp3) is 0.250. The molecular weight excluding hydrogens is 555 g/mol. The van der Waals surface area contributed by atoms with Gasteiger partial charge in [-0.3, -0.25) is 14.7 Å². The third kappa shape index (κ3) is 5.71. The van der Waals surface area contributed by atoms with Crippen molar-refractivity contribution in [3.8, 4) is 0 Å². The van der Waals surface area contributed by atoms with Gasteiger partial charge in [0.15, 0.2) is 0 Å². The number of hydrogen-bond acceptors (Lipinski definition) is 4. The number of likely N-dealkylation sites (tertiary alicyclic amines) is 1. The molecule has 1 saturated heterocycles. The van der Waals surface area contributed by atoms with Crippen LogP contribution in [0.15, 0.2) is 67.0 Å². The van der Waals surface area contributed by atoms with Gasteiger partial charge in [0.1, 0.15) is 11.5 Å². The summed E-state index contributed by atoms with van der Waals surface area (Å²) in [7, 11) is 1.79. The number of carbonyl (C=O) groups excluding carboxylic acids is 1. The Bertz CT molecular complexity index is 1550. The number of amides is 1. The number of nitrogens with zero attached hydrogens (tertiary/aromatic N) is 4. The number of hydrogen-bond donors (Lipinski definition) is 0. The second kappa shape index (κ2) is 10.7. The lowest BCUT2D eigenvalue weighted by Crippen LogP contribution is -2.38. The zero-order chi connectivity index (χ0) is 27.9. The molecule has 1 aliphatic rings. The second-order valence-corrected chi connectivity index (χ2v) is 10.4. The number of pyridine rings is 2. The maximum Gasteiger partial charge on any atom is 0.419 e. The van der Waals surface area contributed by atoms with E-state index in [2.05, 4.69) is 9.97 Å². The summed E-state index contributed by atoms with van der Waals surface area (Å²) in [5.41, 5.74) is 0.862. The van der Waals surface area contributed by atoms with Crippen molar-refractivity contribution >= 4 is 40.0 Å². The number of fused-ring (bicyclic) bond motifs is 1. The van der Waals surface area contributed by atoms with Gasteiger partial charge in [0.25, 0.3) is 5.91 Å². The topological polar surface area (TPSA) is 49.3 Å². The first-order valence-electron chi connectivity index (χ1n) is 12.0. The minimum atomic E-state index is -4.77. The number of rotatable bonds is 5. The van der Waals surface area contributed by atoms with Gasteiger partial charge in [-0.25, -0.2) is 9.37 Å². The molecule has 3 heterocycles. The van der Waals surface area contributed by atoms with E-state index in [0.717, 1.165) is 23.1 Å². The molecule has 0 bridgehead atoms. The van der Waals surface area contributed by atoms with Crippen LogP contribution in [0.1, 0.15) is 33.1 Å². The molecule has 0 saturated carbocycles. The molecule has 0 aliphatic carbocycles. The zero-order valence-electron chi connectivity index (χ0n) is 20.6. The lowest BCUT2D eigenvalue weighted by atomic mass is 9.93. The monoisotopic (exact) mass is 576 g/mol. The first-order valence-corrected chi connectivity index (χ1v) is 12.8. The minimum Gasteiger partial charge on any atom is -0.335 e. The first-order chi connectivity index (χ1) is 18.5. The number of carbonyl (C=O) groups is 1. The summed E-state index contributed by atoms with van der Waals surface area (Å²) in [5, 5.41) is 1.58. The summed E-state index contributed by atoms with van der Waals surface area (Å²) >= 11 is 12.4. The predicted molar refractivity (Wildman–Crippen MR) is 141 cm³/mol. The molecule has 2 aromatic heterocycles. The van der Waals surface area contributed by atoms with Gasteiger partial charge >= 0.3 is 6.18 Å². The molecule has 1 aliphatic heterocycles. The number of alkyl halides is 3. The Morgan fingerprint density at radius 2 is 1.85 bits per heavy atom. The van der Waals surface area contributed by atoms with E-state index >= 15 is 0 Å². The Morgan fingerprint density at radius 3 is 2.56 bits per heavy atom. The van der Waals surface area contributed by atoms with Crippen molar-refractivity contribution in [1.82, 2.24) is 19.8 Å². The van der Waals surface area contributed by atoms with Crippen molar-refractivity contribution < 1.29 is 22.4 Å². The lowest BCUT2D eigenvalue weighted by Gasteiger charge is -2.29. The predicted octanol–water partition coefficient (Wildman–Crippen LogP) is 6.83. The van der Waals surface area contributed by atoms with Crippen LogP contribution in [-0.2, 0) is 12.7 Å². The van der Waals surface area contributed by atoms with Crippen molar-refractivity contribution in [2.45, 2.75) is 24.7 Å². The van der Waals surface area contributed by atoms with Gasteiger partial charge < -0.3 is 4.90 Å². The highest BCUT2D eigenvalue weighted by Crippen LogP contribution is 2.36. The van der Waals surface area contributed by atoms with E-state index in [4.69, 9.17) is 23.2 Å². The van der Waals surface area contributed by atoms with E-state index in [9.17, 15) is 22.4 Å². The Hall–Kier alpha value is -3.27. The first kappa shape index (κ1) is 27.3. The quantitative estimate of drug-likeness (QED) is 0.244. The van der Waals surface area contributed by atoms with E-state index in [1.807, 2.05) is 11.0 Å². The summed E-state index contributed by atoms with van der Waals surface area (Å²) < 4.78 is 53.3. The zero-order valence-corrected chi connectivity index (χ0v) is 22.1. The minimum absolute atomic E-state index is 0.167. The van der Waals surface area contributed by atoms with Crippen LogP contribution in [0.2, 0.25) is 10.0 Å². The second-order valence-electron chi connectivity index (χ2n) is 9.55. The van der Waals surface area contributed by atoms with Crippen molar-refractivity contribution in [2.24, 2.45) is 0 Å². The van der Waals surface area contributed by atoms with Crippen molar-refractivity contribution in [1.29, 1.82) is 0 Å². The van der Waals surface area contributed by atoms with E-state index in [1.54, 1.807) is 54.7 Å². The number of aromatic nitrogens is 2. The molecule has 0 radical (unpaired) electrons. The molecule has 5 rings (SSSR count). The van der Waals surface area contributed by atoms with Crippen LogP contribution in [0, 0.1) is 5.82 Å². The van der Waals surface area contributed by atoms with Gasteiger partial charge in [-0.15, -0.1) is 0 Å². The Balaban J connectivity index is 1.43. The van der Waals surface area contributed by atoms with Crippen molar-refractivity contribution in [3.63, 3.8) is 0 Å². The number of likely N-dealkylation sites (N-methyl/N-ethyl adjacent to an activating group) is 1. The smallest absolute Gasteiger partial charge is 0.335 e. The number of benzene rings is 2. The average molecular weight is 577 g/mol. The normalized spacial score (nSPS) is 17.8. The van der Waals surface area contributed by atoms with Gasteiger partial charge in [-0.1, -0.05) is 35.3 Å². The molecule has 5 nitrogen and oxygen atoms in total. The standard InChI is InChI=1S/C28H22Cl2F4N4O/c1-37(13-16-2-5-20(23(31)10-16)28(32,33)34)26-15-38(14-19(26)17-3-6-21(29)22(30)11-17)27(39)25-7-4-18-12-35-9-8-24(18)36-25/h2-12,19,26H,13-15H2,1H3/t19-,26?/m1/s1. The van der Waals surface area contributed by atoms with Crippen LogP contribution < -0.4 is 0 Å². The van der Waals surface area contributed by atoms with Crippen LogP contribution in [0.25, 0.3) is 10.9 Å². The molecule has 4 aromatic rings. The molecule has 1 amide bonds. The van der Waals surface area contributed by atoms with Crippen LogP contribution >= 0.6 is 23.2 Å². The molecule has 39 heavy (non-hydrogen) atoms. The molecule has 202 valence electrons. The summed E-state index contributed by atoms with van der Waals surface area (Å²) in [6.07, 6.45) is -1.50. The summed E-state index contributed by atoms with van der Waals surface area (Å²) in [6, 6.07) is 13.1. The molecule has 0 spiro atoms. The van der Waals surface area contributed by atoms with Gasteiger partial charge in [0.2, 0.25) is 0 Å². The molecule has 2 aromatic carbocycles. The van der Waals surface area contributed by atoms with E-state index in [1.165, 1.54) is 6.07 Å². The van der Waals surface area contributed by atoms with Crippen LogP contribution in [0.3, 0.4) is 0 Å². The molecule has 1 fully saturated rings. The van der Waals surface area contributed by atoms with E-state index in [-0.39, 0.29) is 30.1 Å². The van der Waals surface area contributed by atoms with Crippen LogP contribution in [0.4, 0.5) is 17.6 Å². The van der Waals surface area contributed by atoms with Gasteiger partial charge in [0.05, 0.1) is 21.1 Å².